The molecule has 28 heavy (non-hydrogen) atoms. The fourth-order valence-corrected chi connectivity index (χ4v) is 2.97. The Morgan fingerprint density at radius 1 is 0.929 bits per heavy atom. The van der Waals surface area contributed by atoms with Gasteiger partial charge in [0.25, 0.3) is 0 Å². The van der Waals surface area contributed by atoms with E-state index >= 15 is 0 Å². The molecule has 0 aliphatic carbocycles. The number of benzene rings is 3. The Hall–Kier alpha value is -3.60. The van der Waals surface area contributed by atoms with E-state index in [9.17, 15) is 9.59 Å². The molecule has 0 bridgehead atoms. The molecule has 0 amide bonds. The van der Waals surface area contributed by atoms with Gasteiger partial charge in [-0.25, -0.2) is 0 Å². The first kappa shape index (κ1) is 19.2. The van der Waals surface area contributed by atoms with Gasteiger partial charge in [-0.2, -0.15) is 0 Å². The number of rotatable bonds is 7. The van der Waals surface area contributed by atoms with E-state index in [0.29, 0.717) is 16.9 Å². The Bertz CT molecular complexity index is 1070. The number of carboxylic acid groups (broad SMARTS) is 1. The third kappa shape index (κ3) is 4.38. The predicted molar refractivity (Wildman–Crippen MR) is 108 cm³/mol. The van der Waals surface area contributed by atoms with Crippen LogP contribution in [0.4, 0.5) is 0 Å². The van der Waals surface area contributed by atoms with Gasteiger partial charge in [0, 0.05) is 11.1 Å². The highest BCUT2D eigenvalue weighted by Crippen LogP contribution is 2.23. The SMILES string of the molecule is COc1ccc2cc(/C=C/C(=O)c3ccc(OC)c(CC(=O)O)c3)ccc2c1. The van der Waals surface area contributed by atoms with Crippen LogP contribution in [0.3, 0.4) is 0 Å². The van der Waals surface area contributed by atoms with Crippen molar-refractivity contribution in [3.05, 3.63) is 77.4 Å². The smallest absolute Gasteiger partial charge is 0.307 e. The minimum Gasteiger partial charge on any atom is -0.497 e. The summed E-state index contributed by atoms with van der Waals surface area (Å²) in [5.41, 5.74) is 1.78. The molecular weight excluding hydrogens is 356 g/mol. The lowest BCUT2D eigenvalue weighted by Crippen LogP contribution is -2.04. The molecule has 0 spiro atoms. The summed E-state index contributed by atoms with van der Waals surface area (Å²) in [6.45, 7) is 0. The van der Waals surface area contributed by atoms with Crippen LogP contribution in [-0.4, -0.2) is 31.1 Å². The number of hydrogen-bond acceptors (Lipinski definition) is 4. The molecular formula is C23H20O5. The summed E-state index contributed by atoms with van der Waals surface area (Å²) in [7, 11) is 3.10. The highest BCUT2D eigenvalue weighted by molar-refractivity contribution is 6.07. The van der Waals surface area contributed by atoms with Crippen LogP contribution in [0.5, 0.6) is 11.5 Å². The number of carbonyl (C=O) groups excluding carboxylic acids is 1. The van der Waals surface area contributed by atoms with E-state index < -0.39 is 5.97 Å². The number of carboxylic acids is 1. The van der Waals surface area contributed by atoms with E-state index in [2.05, 4.69) is 0 Å². The second-order valence-electron chi connectivity index (χ2n) is 6.27. The first-order valence-electron chi connectivity index (χ1n) is 8.69. The van der Waals surface area contributed by atoms with Gasteiger partial charge in [-0.05, 0) is 58.8 Å². The average Bonchev–Trinajstić information content (AvgIpc) is 2.70. The minimum absolute atomic E-state index is 0.205. The molecule has 142 valence electrons. The highest BCUT2D eigenvalue weighted by atomic mass is 16.5. The van der Waals surface area contributed by atoms with E-state index in [1.807, 2.05) is 36.4 Å². The third-order valence-corrected chi connectivity index (χ3v) is 4.41. The van der Waals surface area contributed by atoms with Gasteiger partial charge in [-0.15, -0.1) is 0 Å². The van der Waals surface area contributed by atoms with Crippen molar-refractivity contribution in [2.24, 2.45) is 0 Å². The van der Waals surface area contributed by atoms with Crippen LogP contribution in [0.25, 0.3) is 16.8 Å². The summed E-state index contributed by atoms with van der Waals surface area (Å²) in [6, 6.07) is 16.5. The maximum atomic E-state index is 12.5. The van der Waals surface area contributed by atoms with Crippen LogP contribution in [0.15, 0.2) is 60.7 Å². The number of fused-ring (bicyclic) bond motifs is 1. The van der Waals surface area contributed by atoms with E-state index in [0.717, 1.165) is 22.1 Å². The van der Waals surface area contributed by atoms with Gasteiger partial charge < -0.3 is 14.6 Å². The number of aliphatic carboxylic acids is 1. The monoisotopic (exact) mass is 376 g/mol. The molecule has 0 aliphatic rings. The molecule has 5 heteroatoms. The number of carbonyl (C=O) groups is 2. The van der Waals surface area contributed by atoms with E-state index in [1.165, 1.54) is 13.2 Å². The van der Waals surface area contributed by atoms with Crippen molar-refractivity contribution in [3.8, 4) is 11.5 Å². The zero-order chi connectivity index (χ0) is 20.1. The van der Waals surface area contributed by atoms with E-state index in [1.54, 1.807) is 31.4 Å². The van der Waals surface area contributed by atoms with E-state index in [-0.39, 0.29) is 12.2 Å². The molecule has 0 fully saturated rings. The van der Waals surface area contributed by atoms with Crippen molar-refractivity contribution >= 4 is 28.6 Å². The lowest BCUT2D eigenvalue weighted by Gasteiger charge is -2.08. The number of hydrogen-bond donors (Lipinski definition) is 1. The number of ketones is 1. The summed E-state index contributed by atoms with van der Waals surface area (Å²) in [4.78, 5) is 23.5. The Morgan fingerprint density at radius 3 is 2.39 bits per heavy atom. The molecule has 3 rings (SSSR count). The second kappa shape index (κ2) is 8.39. The predicted octanol–water partition coefficient (Wildman–Crippen LogP) is 4.38. The molecule has 0 saturated carbocycles. The van der Waals surface area contributed by atoms with Crippen LogP contribution in [0.1, 0.15) is 21.5 Å². The van der Waals surface area contributed by atoms with Gasteiger partial charge in [-0.3, -0.25) is 9.59 Å². The van der Waals surface area contributed by atoms with Gasteiger partial charge in [0.05, 0.1) is 20.6 Å². The Kier molecular flexibility index (Phi) is 5.75. The largest absolute Gasteiger partial charge is 0.497 e. The maximum absolute atomic E-state index is 12.5. The summed E-state index contributed by atoms with van der Waals surface area (Å²) < 4.78 is 10.4. The number of ether oxygens (including phenoxy) is 2. The molecule has 5 nitrogen and oxygen atoms in total. The molecule has 0 aliphatic heterocycles. The summed E-state index contributed by atoms with van der Waals surface area (Å²) >= 11 is 0. The summed E-state index contributed by atoms with van der Waals surface area (Å²) in [5, 5.41) is 11.1. The van der Waals surface area contributed by atoms with E-state index in [4.69, 9.17) is 14.6 Å². The maximum Gasteiger partial charge on any atom is 0.307 e. The molecule has 0 unspecified atom stereocenters. The van der Waals surface area contributed by atoms with Crippen molar-refractivity contribution in [1.82, 2.24) is 0 Å². The fourth-order valence-electron chi connectivity index (χ4n) is 2.97. The second-order valence-corrected chi connectivity index (χ2v) is 6.27. The van der Waals surface area contributed by atoms with Crippen molar-refractivity contribution in [1.29, 1.82) is 0 Å². The van der Waals surface area contributed by atoms with Crippen LogP contribution < -0.4 is 9.47 Å². The molecule has 3 aromatic rings. The molecule has 0 atom stereocenters. The lowest BCUT2D eigenvalue weighted by molar-refractivity contribution is -0.136. The standard InChI is InChI=1S/C23H20O5/c1-27-20-8-6-16-11-15(3-5-17(16)13-20)4-9-21(24)18-7-10-22(28-2)19(12-18)14-23(25)26/h3-13H,14H2,1-2H3,(H,25,26)/b9-4+. The van der Waals surface area contributed by atoms with Gasteiger partial charge in [0.2, 0.25) is 0 Å². The zero-order valence-electron chi connectivity index (χ0n) is 15.6. The van der Waals surface area contributed by atoms with Gasteiger partial charge in [-0.1, -0.05) is 24.3 Å². The van der Waals surface area contributed by atoms with Gasteiger partial charge >= 0.3 is 5.97 Å². The molecule has 0 saturated heterocycles. The molecule has 0 aromatic heterocycles. The van der Waals surface area contributed by atoms with Crippen molar-refractivity contribution < 1.29 is 24.2 Å². The van der Waals surface area contributed by atoms with Crippen LogP contribution in [0.2, 0.25) is 0 Å². The van der Waals surface area contributed by atoms with Crippen LogP contribution in [-0.2, 0) is 11.2 Å². The Morgan fingerprint density at radius 2 is 1.68 bits per heavy atom. The average molecular weight is 376 g/mol. The molecule has 1 N–H and O–H groups in total. The minimum atomic E-state index is -0.980. The first-order valence-corrected chi connectivity index (χ1v) is 8.69. The van der Waals surface area contributed by atoms with Gasteiger partial charge in [0.1, 0.15) is 11.5 Å². The molecule has 3 aromatic carbocycles. The van der Waals surface area contributed by atoms with Gasteiger partial charge in [0.15, 0.2) is 5.78 Å². The first-order chi connectivity index (χ1) is 13.5. The topological polar surface area (TPSA) is 72.8 Å². The Labute approximate surface area is 162 Å². The lowest BCUT2D eigenvalue weighted by atomic mass is 10.0. The van der Waals surface area contributed by atoms with Crippen molar-refractivity contribution in [3.63, 3.8) is 0 Å². The third-order valence-electron chi connectivity index (χ3n) is 4.41. The van der Waals surface area contributed by atoms with Crippen LogP contribution >= 0.6 is 0 Å². The van der Waals surface area contributed by atoms with Crippen molar-refractivity contribution in [2.45, 2.75) is 6.42 Å². The zero-order valence-corrected chi connectivity index (χ0v) is 15.6. The normalized spacial score (nSPS) is 10.9. The summed E-state index contributed by atoms with van der Waals surface area (Å²) in [5.74, 6) is 0.0610. The number of allylic oxidation sites excluding steroid dienone is 1. The van der Waals surface area contributed by atoms with Crippen molar-refractivity contribution in [2.75, 3.05) is 14.2 Å². The molecule has 0 radical (unpaired) electrons. The quantitative estimate of drug-likeness (QED) is 0.489. The number of methoxy groups -OCH3 is 2. The molecule has 0 heterocycles. The Balaban J connectivity index is 1.83. The fraction of sp³-hybridized carbons (Fsp3) is 0.130. The van der Waals surface area contributed by atoms with Crippen LogP contribution in [0, 0.1) is 0 Å². The highest BCUT2D eigenvalue weighted by Gasteiger charge is 2.11. The summed E-state index contributed by atoms with van der Waals surface area (Å²) in [6.07, 6.45) is 3.02.